The Morgan fingerprint density at radius 2 is 1.71 bits per heavy atom. The van der Waals surface area contributed by atoms with E-state index in [1.54, 1.807) is 11.0 Å². The Balaban J connectivity index is 1.23. The van der Waals surface area contributed by atoms with E-state index in [0.717, 1.165) is 39.8 Å². The van der Waals surface area contributed by atoms with Crippen molar-refractivity contribution in [3.63, 3.8) is 0 Å². The van der Waals surface area contributed by atoms with Gasteiger partial charge in [0.2, 0.25) is 5.91 Å². The van der Waals surface area contributed by atoms with Crippen molar-refractivity contribution in [3.05, 3.63) is 106 Å². The van der Waals surface area contributed by atoms with E-state index in [0.29, 0.717) is 30.4 Å². The van der Waals surface area contributed by atoms with Crippen LogP contribution in [0.4, 0.5) is 4.79 Å². The minimum absolute atomic E-state index is 0.223. The molecule has 3 aromatic rings. The van der Waals surface area contributed by atoms with Crippen molar-refractivity contribution < 1.29 is 19.1 Å². The fourth-order valence-electron chi connectivity index (χ4n) is 4.17. The molecule has 2 aliphatic rings. The maximum atomic E-state index is 12.9. The summed E-state index contributed by atoms with van der Waals surface area (Å²) in [4.78, 5) is 41.4. The van der Waals surface area contributed by atoms with Gasteiger partial charge in [0.15, 0.2) is 0 Å². The second-order valence-corrected chi connectivity index (χ2v) is 9.44. The number of hydrogen-bond acceptors (Lipinski definition) is 5. The van der Waals surface area contributed by atoms with Crippen LogP contribution in [0.1, 0.15) is 22.3 Å². The SMILES string of the molecule is O=C(CN1C(=O)S/C(=C/c2cccc(OCc3ccccc3)c2)C1=O)N1CCc2ccccc2C1. The second-order valence-electron chi connectivity index (χ2n) is 8.45. The van der Waals surface area contributed by atoms with Crippen molar-refractivity contribution in [3.8, 4) is 5.75 Å². The maximum Gasteiger partial charge on any atom is 0.294 e. The van der Waals surface area contributed by atoms with Crippen molar-refractivity contribution in [2.24, 2.45) is 0 Å². The quantitative estimate of drug-likeness (QED) is 0.466. The molecule has 0 radical (unpaired) electrons. The van der Waals surface area contributed by atoms with Gasteiger partial charge < -0.3 is 9.64 Å². The van der Waals surface area contributed by atoms with Crippen LogP contribution in [0, 0.1) is 0 Å². The van der Waals surface area contributed by atoms with E-state index in [1.807, 2.05) is 72.8 Å². The minimum Gasteiger partial charge on any atom is -0.489 e. The van der Waals surface area contributed by atoms with Gasteiger partial charge in [-0.3, -0.25) is 19.3 Å². The number of carbonyl (C=O) groups is 3. The average Bonchev–Trinajstić information content (AvgIpc) is 3.15. The fraction of sp³-hybridized carbons (Fsp3) is 0.179. The minimum atomic E-state index is -0.443. The number of carbonyl (C=O) groups excluding carboxylic acids is 3. The van der Waals surface area contributed by atoms with E-state index < -0.39 is 11.1 Å². The zero-order valence-corrected chi connectivity index (χ0v) is 19.9. The number of hydrogen-bond donors (Lipinski definition) is 0. The van der Waals surface area contributed by atoms with Crippen molar-refractivity contribution in [2.75, 3.05) is 13.1 Å². The van der Waals surface area contributed by atoms with Crippen LogP contribution in [-0.4, -0.2) is 39.9 Å². The standard InChI is InChI=1S/C28H24N2O4S/c31-26(29-14-13-22-10-4-5-11-23(22)17-29)18-30-27(32)25(35-28(30)33)16-21-9-6-12-24(15-21)34-19-20-7-2-1-3-8-20/h1-12,15-16H,13-14,17-19H2/b25-16+. The molecule has 0 N–H and O–H groups in total. The van der Waals surface area contributed by atoms with Crippen molar-refractivity contribution in [1.29, 1.82) is 0 Å². The molecule has 176 valence electrons. The van der Waals surface area contributed by atoms with E-state index in [4.69, 9.17) is 4.74 Å². The number of imide groups is 1. The van der Waals surface area contributed by atoms with Gasteiger partial charge in [-0.05, 0) is 58.6 Å². The normalized spacial score (nSPS) is 16.5. The number of nitrogens with zero attached hydrogens (tertiary/aromatic N) is 2. The Bertz CT molecular complexity index is 1310. The van der Waals surface area contributed by atoms with Gasteiger partial charge in [0.05, 0.1) is 4.91 Å². The van der Waals surface area contributed by atoms with Gasteiger partial charge in [-0.15, -0.1) is 0 Å². The van der Waals surface area contributed by atoms with Crippen LogP contribution in [0.15, 0.2) is 83.8 Å². The summed E-state index contributed by atoms with van der Waals surface area (Å²) in [6.45, 7) is 1.27. The highest BCUT2D eigenvalue weighted by Gasteiger charge is 2.37. The van der Waals surface area contributed by atoms with Gasteiger partial charge in [-0.2, -0.15) is 0 Å². The lowest BCUT2D eigenvalue weighted by atomic mass is 10.00. The largest absolute Gasteiger partial charge is 0.489 e. The lowest BCUT2D eigenvalue weighted by Gasteiger charge is -2.29. The molecular weight excluding hydrogens is 460 g/mol. The summed E-state index contributed by atoms with van der Waals surface area (Å²) in [6.07, 6.45) is 2.44. The molecule has 0 saturated carbocycles. The molecule has 7 heteroatoms. The Morgan fingerprint density at radius 1 is 0.943 bits per heavy atom. The first kappa shape index (κ1) is 22.9. The van der Waals surface area contributed by atoms with Crippen LogP contribution in [0.25, 0.3) is 6.08 Å². The Hall–Kier alpha value is -3.84. The van der Waals surface area contributed by atoms with Crippen molar-refractivity contribution in [2.45, 2.75) is 19.6 Å². The highest BCUT2D eigenvalue weighted by molar-refractivity contribution is 8.18. The third-order valence-corrected chi connectivity index (χ3v) is 6.96. The smallest absolute Gasteiger partial charge is 0.294 e. The van der Waals surface area contributed by atoms with Crippen LogP contribution < -0.4 is 4.74 Å². The number of thioether (sulfide) groups is 1. The third-order valence-electron chi connectivity index (χ3n) is 6.05. The molecule has 3 aromatic carbocycles. The van der Waals surface area contributed by atoms with Gasteiger partial charge in [-0.25, -0.2) is 0 Å². The maximum absolute atomic E-state index is 12.9. The molecule has 2 heterocycles. The summed E-state index contributed by atoms with van der Waals surface area (Å²) in [5, 5.41) is -0.427. The molecule has 0 spiro atoms. The Morgan fingerprint density at radius 3 is 2.54 bits per heavy atom. The van der Waals surface area contributed by atoms with Gasteiger partial charge in [0.1, 0.15) is 18.9 Å². The van der Waals surface area contributed by atoms with Gasteiger partial charge in [0, 0.05) is 13.1 Å². The summed E-state index contributed by atoms with van der Waals surface area (Å²) in [6, 6.07) is 25.2. The molecule has 3 amide bonds. The third kappa shape index (κ3) is 5.30. The summed E-state index contributed by atoms with van der Waals surface area (Å²) in [7, 11) is 0. The molecule has 2 aliphatic heterocycles. The van der Waals surface area contributed by atoms with Crippen LogP contribution in [0.5, 0.6) is 5.75 Å². The summed E-state index contributed by atoms with van der Waals surface area (Å²) >= 11 is 0.857. The van der Waals surface area contributed by atoms with E-state index >= 15 is 0 Å². The zero-order chi connectivity index (χ0) is 24.2. The molecular formula is C28H24N2O4S. The van der Waals surface area contributed by atoms with Crippen LogP contribution in [0.3, 0.4) is 0 Å². The summed E-state index contributed by atoms with van der Waals surface area (Å²) in [5.74, 6) is 0.00289. The average molecular weight is 485 g/mol. The molecule has 0 aromatic heterocycles. The predicted octanol–water partition coefficient (Wildman–Crippen LogP) is 4.89. The first-order chi connectivity index (χ1) is 17.1. The molecule has 0 bridgehead atoms. The van der Waals surface area contributed by atoms with Crippen molar-refractivity contribution in [1.82, 2.24) is 9.80 Å². The molecule has 5 rings (SSSR count). The van der Waals surface area contributed by atoms with Crippen LogP contribution >= 0.6 is 11.8 Å². The first-order valence-corrected chi connectivity index (χ1v) is 12.3. The lowest BCUT2D eigenvalue weighted by Crippen LogP contribution is -2.44. The molecule has 0 unspecified atom stereocenters. The number of fused-ring (bicyclic) bond motifs is 1. The Kier molecular flexibility index (Phi) is 6.68. The summed E-state index contributed by atoms with van der Waals surface area (Å²) < 4.78 is 5.86. The fourth-order valence-corrected chi connectivity index (χ4v) is 5.00. The number of rotatable bonds is 6. The molecule has 0 aliphatic carbocycles. The number of benzene rings is 3. The van der Waals surface area contributed by atoms with E-state index in [-0.39, 0.29) is 12.5 Å². The van der Waals surface area contributed by atoms with Gasteiger partial charge in [-0.1, -0.05) is 66.7 Å². The monoisotopic (exact) mass is 484 g/mol. The van der Waals surface area contributed by atoms with Crippen molar-refractivity contribution >= 4 is 34.9 Å². The number of amides is 3. The Labute approximate surface area is 208 Å². The van der Waals surface area contributed by atoms with Crippen LogP contribution in [-0.2, 0) is 29.2 Å². The highest BCUT2D eigenvalue weighted by Crippen LogP contribution is 2.33. The first-order valence-electron chi connectivity index (χ1n) is 11.4. The molecule has 1 saturated heterocycles. The van der Waals surface area contributed by atoms with E-state index in [9.17, 15) is 14.4 Å². The van der Waals surface area contributed by atoms with Crippen LogP contribution in [0.2, 0.25) is 0 Å². The van der Waals surface area contributed by atoms with E-state index in [2.05, 4.69) is 6.07 Å². The highest BCUT2D eigenvalue weighted by atomic mass is 32.2. The molecule has 1 fully saturated rings. The molecule has 6 nitrogen and oxygen atoms in total. The second kappa shape index (κ2) is 10.2. The zero-order valence-electron chi connectivity index (χ0n) is 19.1. The molecule has 35 heavy (non-hydrogen) atoms. The predicted molar refractivity (Wildman–Crippen MR) is 135 cm³/mol. The molecule has 0 atom stereocenters. The van der Waals surface area contributed by atoms with Gasteiger partial charge in [0.25, 0.3) is 11.1 Å². The number of ether oxygens (including phenoxy) is 1. The summed E-state index contributed by atoms with van der Waals surface area (Å²) in [5.41, 5.74) is 4.15. The topological polar surface area (TPSA) is 66.9 Å². The van der Waals surface area contributed by atoms with Gasteiger partial charge >= 0.3 is 0 Å². The van der Waals surface area contributed by atoms with E-state index in [1.165, 1.54) is 5.56 Å². The lowest BCUT2D eigenvalue weighted by molar-refractivity contribution is -0.136.